The molecule has 2 saturated heterocycles. The lowest BCUT2D eigenvalue weighted by molar-refractivity contribution is -0.132. The van der Waals surface area contributed by atoms with E-state index >= 15 is 0 Å². The highest BCUT2D eigenvalue weighted by Crippen LogP contribution is 2.26. The predicted molar refractivity (Wildman–Crippen MR) is 130 cm³/mol. The molecule has 1 atom stereocenters. The van der Waals surface area contributed by atoms with Gasteiger partial charge in [0.25, 0.3) is 5.91 Å². The van der Waals surface area contributed by atoms with E-state index in [0.29, 0.717) is 18.5 Å². The Morgan fingerprint density at radius 1 is 1.03 bits per heavy atom. The summed E-state index contributed by atoms with van der Waals surface area (Å²) in [5.74, 6) is 1.10. The lowest BCUT2D eigenvalue weighted by Gasteiger charge is -2.32. The molecule has 0 unspecified atom stereocenters. The lowest BCUT2D eigenvalue weighted by Crippen LogP contribution is -2.39. The zero-order chi connectivity index (χ0) is 23.4. The van der Waals surface area contributed by atoms with Gasteiger partial charge in [0.05, 0.1) is 11.3 Å². The maximum atomic E-state index is 12.9. The molecule has 7 nitrogen and oxygen atoms in total. The molecule has 0 spiro atoms. The molecule has 176 valence electrons. The van der Waals surface area contributed by atoms with Crippen molar-refractivity contribution in [1.82, 2.24) is 19.8 Å². The van der Waals surface area contributed by atoms with Gasteiger partial charge in [0.1, 0.15) is 5.82 Å². The summed E-state index contributed by atoms with van der Waals surface area (Å²) in [5, 5.41) is 0. The van der Waals surface area contributed by atoms with Crippen LogP contribution in [0.1, 0.15) is 65.5 Å². The second kappa shape index (κ2) is 10.3. The third-order valence-corrected chi connectivity index (χ3v) is 6.84. The number of benzene rings is 1. The smallest absolute Gasteiger partial charge is 0.257 e. The number of likely N-dealkylation sites (tertiary alicyclic amines) is 2. The molecule has 33 heavy (non-hydrogen) atoms. The summed E-state index contributed by atoms with van der Waals surface area (Å²) >= 11 is 0. The summed E-state index contributed by atoms with van der Waals surface area (Å²) in [6, 6.07) is 8.38. The minimum Gasteiger partial charge on any atom is -0.378 e. The second-order valence-corrected chi connectivity index (χ2v) is 9.47. The maximum Gasteiger partial charge on any atom is 0.257 e. The average molecular weight is 450 g/mol. The highest BCUT2D eigenvalue weighted by molar-refractivity contribution is 5.95. The van der Waals surface area contributed by atoms with Crippen LogP contribution in [0.3, 0.4) is 0 Å². The number of anilines is 1. The number of piperidine rings is 1. The van der Waals surface area contributed by atoms with Gasteiger partial charge in [0.2, 0.25) is 5.91 Å². The summed E-state index contributed by atoms with van der Waals surface area (Å²) in [6.45, 7) is 4.97. The molecule has 0 N–H and O–H groups in total. The van der Waals surface area contributed by atoms with Crippen molar-refractivity contribution < 1.29 is 9.59 Å². The zero-order valence-electron chi connectivity index (χ0n) is 20.1. The summed E-state index contributed by atoms with van der Waals surface area (Å²) < 4.78 is 0. The van der Waals surface area contributed by atoms with E-state index in [1.807, 2.05) is 30.8 Å². The molecule has 1 aromatic carbocycles. The fourth-order valence-corrected chi connectivity index (χ4v) is 4.77. The van der Waals surface area contributed by atoms with Gasteiger partial charge in [0.15, 0.2) is 0 Å². The third kappa shape index (κ3) is 5.52. The van der Waals surface area contributed by atoms with Crippen molar-refractivity contribution in [2.24, 2.45) is 0 Å². The van der Waals surface area contributed by atoms with E-state index in [-0.39, 0.29) is 17.7 Å². The van der Waals surface area contributed by atoms with E-state index in [1.165, 1.54) is 5.56 Å². The Balaban J connectivity index is 1.35. The Kier molecular flexibility index (Phi) is 7.26. The molecule has 1 aromatic heterocycles. The van der Waals surface area contributed by atoms with E-state index in [1.54, 1.807) is 6.20 Å². The summed E-state index contributed by atoms with van der Waals surface area (Å²) in [6.07, 6.45) is 7.00. The molecule has 0 bridgehead atoms. The molecular formula is C26H35N5O2. The lowest BCUT2D eigenvalue weighted by atomic mass is 9.96. The number of hydrogen-bond donors (Lipinski definition) is 0. The average Bonchev–Trinajstić information content (AvgIpc) is 3.37. The van der Waals surface area contributed by atoms with Crippen molar-refractivity contribution in [3.63, 3.8) is 0 Å². The molecule has 0 aliphatic carbocycles. The monoisotopic (exact) mass is 449 g/mol. The van der Waals surface area contributed by atoms with Gasteiger partial charge in [-0.25, -0.2) is 9.97 Å². The quantitative estimate of drug-likeness (QED) is 0.676. The number of hydrogen-bond acceptors (Lipinski definition) is 5. The minimum atomic E-state index is 0.0376. The van der Waals surface area contributed by atoms with Crippen LogP contribution in [0.5, 0.6) is 0 Å². The van der Waals surface area contributed by atoms with E-state index in [9.17, 15) is 9.59 Å². The minimum absolute atomic E-state index is 0.0376. The molecule has 2 aliphatic rings. The highest BCUT2D eigenvalue weighted by atomic mass is 16.2. The summed E-state index contributed by atoms with van der Waals surface area (Å²) in [7, 11) is 4.05. The second-order valence-electron chi connectivity index (χ2n) is 9.47. The number of aromatic nitrogens is 2. The van der Waals surface area contributed by atoms with Gasteiger partial charge >= 0.3 is 0 Å². The first-order valence-corrected chi connectivity index (χ1v) is 12.1. The molecule has 2 amide bonds. The first-order chi connectivity index (χ1) is 15.9. The van der Waals surface area contributed by atoms with Crippen LogP contribution in [-0.4, -0.2) is 71.9 Å². The highest BCUT2D eigenvalue weighted by Gasteiger charge is 2.28. The van der Waals surface area contributed by atoms with E-state index in [0.717, 1.165) is 68.9 Å². The Bertz CT molecular complexity index is 983. The fourth-order valence-electron chi connectivity index (χ4n) is 4.77. The van der Waals surface area contributed by atoms with Gasteiger partial charge in [0, 0.05) is 64.5 Å². The van der Waals surface area contributed by atoms with Crippen molar-refractivity contribution in [1.29, 1.82) is 0 Å². The zero-order valence-corrected chi connectivity index (χ0v) is 20.1. The standard InChI is InChI=1S/C26H35N5O2/c1-19-23(26(33)30-14-4-5-15-30)17-27-25(28-19)21-7-6-16-31(18-21)24(32)13-10-20-8-11-22(12-9-20)29(2)3/h8-9,11-12,17,21H,4-7,10,13-16,18H2,1-3H3/t21-/m1/s1. The Morgan fingerprint density at radius 2 is 1.73 bits per heavy atom. The molecule has 2 fully saturated rings. The van der Waals surface area contributed by atoms with Crippen LogP contribution >= 0.6 is 0 Å². The van der Waals surface area contributed by atoms with Crippen LogP contribution in [0, 0.1) is 6.92 Å². The number of carbonyl (C=O) groups excluding carboxylic acids is 2. The molecule has 7 heteroatoms. The van der Waals surface area contributed by atoms with Crippen LogP contribution in [-0.2, 0) is 11.2 Å². The van der Waals surface area contributed by atoms with Gasteiger partial charge in [-0.15, -0.1) is 0 Å². The van der Waals surface area contributed by atoms with E-state index in [4.69, 9.17) is 4.98 Å². The van der Waals surface area contributed by atoms with Crippen LogP contribution in [0.4, 0.5) is 5.69 Å². The topological polar surface area (TPSA) is 69.6 Å². The number of aryl methyl sites for hydroxylation is 2. The molecule has 2 aliphatic heterocycles. The normalized spacial score (nSPS) is 18.5. The van der Waals surface area contributed by atoms with Crippen LogP contribution in [0.15, 0.2) is 30.5 Å². The largest absolute Gasteiger partial charge is 0.378 e. The van der Waals surface area contributed by atoms with Crippen molar-refractivity contribution in [2.45, 2.75) is 51.4 Å². The van der Waals surface area contributed by atoms with Crippen LogP contribution in [0.2, 0.25) is 0 Å². The van der Waals surface area contributed by atoms with Crippen molar-refractivity contribution in [3.8, 4) is 0 Å². The Morgan fingerprint density at radius 3 is 2.39 bits per heavy atom. The van der Waals surface area contributed by atoms with Crippen LogP contribution in [0.25, 0.3) is 0 Å². The molecule has 2 aromatic rings. The van der Waals surface area contributed by atoms with E-state index in [2.05, 4.69) is 34.1 Å². The number of rotatable bonds is 6. The molecule has 3 heterocycles. The number of amides is 2. The van der Waals surface area contributed by atoms with Gasteiger partial charge in [-0.05, 0) is 56.7 Å². The molecule has 0 saturated carbocycles. The summed E-state index contributed by atoms with van der Waals surface area (Å²) in [4.78, 5) is 40.8. The SMILES string of the molecule is Cc1nc([C@@H]2CCCN(C(=O)CCc3ccc(N(C)C)cc3)C2)ncc1C(=O)N1CCCC1. The fraction of sp³-hybridized carbons (Fsp3) is 0.538. The van der Waals surface area contributed by atoms with Crippen LogP contribution < -0.4 is 4.90 Å². The Labute approximate surface area is 196 Å². The van der Waals surface area contributed by atoms with Crippen molar-refractivity contribution in [3.05, 3.63) is 53.1 Å². The third-order valence-electron chi connectivity index (χ3n) is 6.84. The summed E-state index contributed by atoms with van der Waals surface area (Å²) in [5.41, 5.74) is 3.68. The Hall–Kier alpha value is -2.96. The predicted octanol–water partition coefficient (Wildman–Crippen LogP) is 3.43. The number of carbonyl (C=O) groups is 2. The molecular weight excluding hydrogens is 414 g/mol. The van der Waals surface area contributed by atoms with Gasteiger partial charge in [-0.2, -0.15) is 0 Å². The first kappa shape index (κ1) is 23.2. The van der Waals surface area contributed by atoms with Gasteiger partial charge < -0.3 is 14.7 Å². The first-order valence-electron chi connectivity index (χ1n) is 12.1. The molecule has 0 radical (unpaired) electrons. The van der Waals surface area contributed by atoms with Crippen molar-refractivity contribution >= 4 is 17.5 Å². The molecule has 4 rings (SSSR count). The van der Waals surface area contributed by atoms with Crippen molar-refractivity contribution in [2.75, 3.05) is 45.2 Å². The maximum absolute atomic E-state index is 12.9. The van der Waals surface area contributed by atoms with Gasteiger partial charge in [-0.1, -0.05) is 12.1 Å². The number of nitrogens with zero attached hydrogens (tertiary/aromatic N) is 5. The van der Waals surface area contributed by atoms with E-state index < -0.39 is 0 Å². The van der Waals surface area contributed by atoms with Gasteiger partial charge in [-0.3, -0.25) is 9.59 Å².